The van der Waals surface area contributed by atoms with Crippen LogP contribution in [0.3, 0.4) is 0 Å². The summed E-state index contributed by atoms with van der Waals surface area (Å²) in [5, 5.41) is 0.723. The highest BCUT2D eigenvalue weighted by Gasteiger charge is 2.30. The minimum absolute atomic E-state index is 0.188. The Hall–Kier alpha value is -3.48. The second-order valence-corrected chi connectivity index (χ2v) is 9.96. The van der Waals surface area contributed by atoms with Crippen molar-refractivity contribution in [3.05, 3.63) is 101 Å². The molecule has 0 N–H and O–H groups in total. The maximum absolute atomic E-state index is 12.6. The molecule has 1 atom stereocenters. The summed E-state index contributed by atoms with van der Waals surface area (Å²) in [5.41, 5.74) is 5.62. The molecule has 0 spiro atoms. The van der Waals surface area contributed by atoms with Gasteiger partial charge in [-0.2, -0.15) is 0 Å². The first-order chi connectivity index (χ1) is 18.0. The standard InChI is InChI=1S/C30H31ClN4O2/c1-21-26(23-9-11-25(31)12-10-23)19-28(35(21)30-32-15-6-16-33-30)24-13-17-34(18-14-24)20-27(29(36)37-2)22-7-4-3-5-8-22/h3-12,15-16,19,24,27H,13-14,17-18,20H2,1-2H3. The molecule has 4 aromatic rings. The Bertz CT molecular complexity index is 1330. The van der Waals surface area contributed by atoms with Crippen LogP contribution in [0.1, 0.15) is 41.6 Å². The summed E-state index contributed by atoms with van der Waals surface area (Å²) in [4.78, 5) is 24.1. The summed E-state index contributed by atoms with van der Waals surface area (Å²) in [6, 6.07) is 22.0. The second-order valence-electron chi connectivity index (χ2n) is 9.52. The number of hydrogen-bond donors (Lipinski definition) is 0. The maximum atomic E-state index is 12.6. The molecule has 2 aromatic carbocycles. The van der Waals surface area contributed by atoms with E-state index in [0.29, 0.717) is 18.4 Å². The van der Waals surface area contributed by atoms with E-state index in [1.54, 1.807) is 12.4 Å². The van der Waals surface area contributed by atoms with Gasteiger partial charge in [0.15, 0.2) is 0 Å². The molecule has 0 aliphatic carbocycles. The van der Waals surface area contributed by atoms with Crippen LogP contribution in [0.25, 0.3) is 17.1 Å². The Morgan fingerprint density at radius 3 is 2.35 bits per heavy atom. The number of carbonyl (C=O) groups is 1. The van der Waals surface area contributed by atoms with Crippen LogP contribution < -0.4 is 0 Å². The number of rotatable bonds is 7. The number of nitrogens with zero attached hydrogens (tertiary/aromatic N) is 4. The van der Waals surface area contributed by atoms with E-state index in [2.05, 4.69) is 44.6 Å². The van der Waals surface area contributed by atoms with Gasteiger partial charge in [-0.15, -0.1) is 0 Å². The number of halogens is 1. The van der Waals surface area contributed by atoms with E-state index >= 15 is 0 Å². The Balaban J connectivity index is 1.39. The number of methoxy groups -OCH3 is 1. The van der Waals surface area contributed by atoms with Crippen LogP contribution in [-0.4, -0.2) is 52.1 Å². The van der Waals surface area contributed by atoms with Gasteiger partial charge in [0.1, 0.15) is 0 Å². The Morgan fingerprint density at radius 1 is 1.03 bits per heavy atom. The van der Waals surface area contributed by atoms with Crippen molar-refractivity contribution < 1.29 is 9.53 Å². The summed E-state index contributed by atoms with van der Waals surface area (Å²) in [6.07, 6.45) is 5.54. The molecular weight excluding hydrogens is 484 g/mol. The fourth-order valence-corrected chi connectivity index (χ4v) is 5.46. The van der Waals surface area contributed by atoms with Crippen molar-refractivity contribution in [3.8, 4) is 17.1 Å². The first-order valence-electron chi connectivity index (χ1n) is 12.7. The molecule has 1 unspecified atom stereocenters. The minimum Gasteiger partial charge on any atom is -0.469 e. The number of esters is 1. The summed E-state index contributed by atoms with van der Waals surface area (Å²) in [7, 11) is 1.46. The number of hydrogen-bond acceptors (Lipinski definition) is 5. The average molecular weight is 515 g/mol. The van der Waals surface area contributed by atoms with E-state index in [9.17, 15) is 4.79 Å². The van der Waals surface area contributed by atoms with Gasteiger partial charge in [-0.05, 0) is 68.2 Å². The van der Waals surface area contributed by atoms with Crippen LogP contribution in [0.5, 0.6) is 0 Å². The number of piperidine rings is 1. The zero-order valence-electron chi connectivity index (χ0n) is 21.2. The summed E-state index contributed by atoms with van der Waals surface area (Å²) in [5.74, 6) is 0.565. The van der Waals surface area contributed by atoms with Gasteiger partial charge in [-0.1, -0.05) is 54.1 Å². The SMILES string of the molecule is COC(=O)C(CN1CCC(c2cc(-c3ccc(Cl)cc3)c(C)n2-c2ncccn2)CC1)c1ccccc1. The summed E-state index contributed by atoms with van der Waals surface area (Å²) < 4.78 is 7.34. The van der Waals surface area contributed by atoms with Crippen LogP contribution in [0.4, 0.5) is 0 Å². The third kappa shape index (κ3) is 5.45. The van der Waals surface area contributed by atoms with Gasteiger partial charge in [-0.25, -0.2) is 9.97 Å². The average Bonchev–Trinajstić information content (AvgIpc) is 3.29. The third-order valence-electron chi connectivity index (χ3n) is 7.32. The topological polar surface area (TPSA) is 60.2 Å². The highest BCUT2D eigenvalue weighted by atomic mass is 35.5. The smallest absolute Gasteiger partial charge is 0.314 e. The monoisotopic (exact) mass is 514 g/mol. The molecule has 1 aliphatic rings. The van der Waals surface area contributed by atoms with Gasteiger partial charge in [0.2, 0.25) is 5.95 Å². The quantitative estimate of drug-likeness (QED) is 0.282. The molecule has 5 rings (SSSR count). The third-order valence-corrected chi connectivity index (χ3v) is 7.57. The van der Waals surface area contributed by atoms with Crippen molar-refractivity contribution in [2.24, 2.45) is 0 Å². The number of benzene rings is 2. The lowest BCUT2D eigenvalue weighted by Gasteiger charge is -2.34. The molecule has 0 amide bonds. The maximum Gasteiger partial charge on any atom is 0.314 e. The highest BCUT2D eigenvalue weighted by Crippen LogP contribution is 2.37. The first-order valence-corrected chi connectivity index (χ1v) is 13.0. The molecular formula is C30H31ClN4O2. The fourth-order valence-electron chi connectivity index (χ4n) is 5.34. The normalized spacial score (nSPS) is 15.4. The summed E-state index contributed by atoms with van der Waals surface area (Å²) >= 11 is 6.15. The van der Waals surface area contributed by atoms with Gasteiger partial charge in [-0.3, -0.25) is 9.36 Å². The van der Waals surface area contributed by atoms with Gasteiger partial charge in [0, 0.05) is 46.8 Å². The lowest BCUT2D eigenvalue weighted by Crippen LogP contribution is -2.38. The van der Waals surface area contributed by atoms with Crippen molar-refractivity contribution >= 4 is 17.6 Å². The first kappa shape index (κ1) is 25.2. The van der Waals surface area contributed by atoms with Gasteiger partial charge >= 0.3 is 5.97 Å². The molecule has 1 aliphatic heterocycles. The van der Waals surface area contributed by atoms with E-state index in [1.165, 1.54) is 12.8 Å². The lowest BCUT2D eigenvalue weighted by atomic mass is 9.91. The van der Waals surface area contributed by atoms with E-state index in [4.69, 9.17) is 16.3 Å². The molecule has 1 saturated heterocycles. The van der Waals surface area contributed by atoms with Crippen molar-refractivity contribution in [2.75, 3.05) is 26.7 Å². The Kier molecular flexibility index (Phi) is 7.68. The zero-order valence-corrected chi connectivity index (χ0v) is 21.9. The molecule has 3 heterocycles. The molecule has 0 saturated carbocycles. The van der Waals surface area contributed by atoms with Crippen LogP contribution in [0, 0.1) is 6.92 Å². The van der Waals surface area contributed by atoms with E-state index in [-0.39, 0.29) is 11.9 Å². The number of aromatic nitrogens is 3. The number of ether oxygens (including phenoxy) is 1. The molecule has 37 heavy (non-hydrogen) atoms. The van der Waals surface area contributed by atoms with E-state index < -0.39 is 0 Å². The number of carbonyl (C=O) groups excluding carboxylic acids is 1. The largest absolute Gasteiger partial charge is 0.469 e. The summed E-state index contributed by atoms with van der Waals surface area (Å²) in [6.45, 7) is 4.59. The molecule has 0 bridgehead atoms. The van der Waals surface area contributed by atoms with Gasteiger partial charge in [0.25, 0.3) is 0 Å². The van der Waals surface area contributed by atoms with Crippen molar-refractivity contribution in [1.82, 2.24) is 19.4 Å². The molecule has 190 valence electrons. The van der Waals surface area contributed by atoms with E-state index in [1.807, 2.05) is 48.5 Å². The van der Waals surface area contributed by atoms with Crippen molar-refractivity contribution in [3.63, 3.8) is 0 Å². The van der Waals surface area contributed by atoms with E-state index in [0.717, 1.165) is 53.3 Å². The van der Waals surface area contributed by atoms with Crippen molar-refractivity contribution in [1.29, 1.82) is 0 Å². The molecule has 2 aromatic heterocycles. The van der Waals surface area contributed by atoms with Crippen LogP contribution in [-0.2, 0) is 9.53 Å². The highest BCUT2D eigenvalue weighted by molar-refractivity contribution is 6.30. The molecule has 7 heteroatoms. The van der Waals surface area contributed by atoms with Crippen LogP contribution in [0.2, 0.25) is 5.02 Å². The van der Waals surface area contributed by atoms with Gasteiger partial charge < -0.3 is 9.64 Å². The van der Waals surface area contributed by atoms with Crippen LogP contribution >= 0.6 is 11.6 Å². The minimum atomic E-state index is -0.289. The van der Waals surface area contributed by atoms with Crippen LogP contribution in [0.15, 0.2) is 79.1 Å². The molecule has 6 nitrogen and oxygen atoms in total. The lowest BCUT2D eigenvalue weighted by molar-refractivity contribution is -0.143. The van der Waals surface area contributed by atoms with Crippen molar-refractivity contribution in [2.45, 2.75) is 31.6 Å². The Morgan fingerprint density at radius 2 is 1.70 bits per heavy atom. The Labute approximate surface area is 222 Å². The number of likely N-dealkylation sites (tertiary alicyclic amines) is 1. The second kappa shape index (κ2) is 11.3. The van der Waals surface area contributed by atoms with Gasteiger partial charge in [0.05, 0.1) is 13.0 Å². The predicted octanol–water partition coefficient (Wildman–Crippen LogP) is 6.03. The molecule has 0 radical (unpaired) electrons. The predicted molar refractivity (Wildman–Crippen MR) is 146 cm³/mol. The molecule has 1 fully saturated rings. The zero-order chi connectivity index (χ0) is 25.8. The fraction of sp³-hybridized carbons (Fsp3) is 0.300.